The number of hydrogen-bond acceptors (Lipinski definition) is 3. The quantitative estimate of drug-likeness (QED) is 0.404. The van der Waals surface area contributed by atoms with Crippen molar-refractivity contribution in [3.8, 4) is 0 Å². The molecule has 0 saturated heterocycles. The number of hydrazone groups is 1. The normalized spacial score (nSPS) is 16.9. The predicted octanol–water partition coefficient (Wildman–Crippen LogP) is 5.29. The van der Waals surface area contributed by atoms with Gasteiger partial charge >= 0.3 is 6.18 Å². The van der Waals surface area contributed by atoms with Crippen LogP contribution in [0, 0.1) is 0 Å². The molecule has 0 saturated carbocycles. The zero-order chi connectivity index (χ0) is 21.2. The monoisotopic (exact) mass is 418 g/mol. The standard InChI is InChI=1S/C21H21F3N4S/c1-20(2)15-9-5-7-11-17(15)28(3)18(20)12-13-25-27-19(29)26-16-10-6-4-8-14(16)21(22,23)24/h4-13H,1-3H3,(H2,26,27,29)/b18-12-,25-13-. The summed E-state index contributed by atoms with van der Waals surface area (Å²) < 4.78 is 39.2. The number of hydrogen-bond donors (Lipinski definition) is 2. The van der Waals surface area contributed by atoms with Crippen molar-refractivity contribution in [2.75, 3.05) is 17.3 Å². The maximum atomic E-state index is 13.1. The van der Waals surface area contributed by atoms with Gasteiger partial charge in [-0.2, -0.15) is 18.3 Å². The minimum absolute atomic E-state index is 0.0290. The molecule has 8 heteroatoms. The van der Waals surface area contributed by atoms with Gasteiger partial charge in [-0.25, -0.2) is 0 Å². The molecule has 1 aliphatic heterocycles. The van der Waals surface area contributed by atoms with Crippen molar-refractivity contribution in [3.63, 3.8) is 0 Å². The molecule has 0 atom stereocenters. The van der Waals surface area contributed by atoms with E-state index in [0.29, 0.717) is 0 Å². The van der Waals surface area contributed by atoms with Crippen LogP contribution in [0.4, 0.5) is 24.5 Å². The summed E-state index contributed by atoms with van der Waals surface area (Å²) >= 11 is 5.06. The lowest BCUT2D eigenvalue weighted by Crippen LogP contribution is -2.26. The highest BCUT2D eigenvalue weighted by Crippen LogP contribution is 2.46. The molecule has 0 radical (unpaired) electrons. The smallest absolute Gasteiger partial charge is 0.347 e. The van der Waals surface area contributed by atoms with E-state index in [1.165, 1.54) is 23.8 Å². The molecule has 152 valence electrons. The first kappa shape index (κ1) is 20.9. The second-order valence-corrected chi connectivity index (χ2v) is 7.55. The Morgan fingerprint density at radius 3 is 2.45 bits per heavy atom. The van der Waals surface area contributed by atoms with E-state index in [0.717, 1.165) is 17.5 Å². The van der Waals surface area contributed by atoms with Gasteiger partial charge < -0.3 is 10.2 Å². The molecule has 0 aliphatic carbocycles. The number of para-hydroxylation sites is 2. The summed E-state index contributed by atoms with van der Waals surface area (Å²) in [4.78, 5) is 2.09. The van der Waals surface area contributed by atoms with E-state index < -0.39 is 11.7 Å². The molecule has 0 fully saturated rings. The molecule has 0 bridgehead atoms. The van der Waals surface area contributed by atoms with Gasteiger partial charge in [-0.15, -0.1) is 0 Å². The Labute approximate surface area is 173 Å². The molecule has 0 unspecified atom stereocenters. The van der Waals surface area contributed by atoms with Crippen LogP contribution in [0.15, 0.2) is 65.4 Å². The molecule has 29 heavy (non-hydrogen) atoms. The molecule has 4 nitrogen and oxygen atoms in total. The van der Waals surface area contributed by atoms with E-state index >= 15 is 0 Å². The van der Waals surface area contributed by atoms with Crippen LogP contribution in [-0.4, -0.2) is 18.4 Å². The molecule has 0 spiro atoms. The van der Waals surface area contributed by atoms with E-state index in [1.807, 2.05) is 25.3 Å². The number of anilines is 2. The predicted molar refractivity (Wildman–Crippen MR) is 115 cm³/mol. The van der Waals surface area contributed by atoms with Gasteiger partial charge in [0, 0.05) is 30.1 Å². The average molecular weight is 418 g/mol. The number of allylic oxidation sites excluding steroid dienone is 2. The lowest BCUT2D eigenvalue weighted by Gasteiger charge is -2.23. The van der Waals surface area contributed by atoms with Crippen LogP contribution < -0.4 is 15.6 Å². The van der Waals surface area contributed by atoms with Gasteiger partial charge in [-0.1, -0.05) is 44.2 Å². The van der Waals surface area contributed by atoms with Crippen LogP contribution in [-0.2, 0) is 11.6 Å². The highest BCUT2D eigenvalue weighted by atomic mass is 32.1. The third-order valence-corrected chi connectivity index (χ3v) is 5.09. The fourth-order valence-corrected chi connectivity index (χ4v) is 3.66. The van der Waals surface area contributed by atoms with Crippen LogP contribution in [0.25, 0.3) is 0 Å². The lowest BCUT2D eigenvalue weighted by molar-refractivity contribution is -0.136. The minimum Gasteiger partial charge on any atom is -0.347 e. The van der Waals surface area contributed by atoms with Crippen LogP contribution in [0.1, 0.15) is 25.0 Å². The van der Waals surface area contributed by atoms with Crippen molar-refractivity contribution in [1.82, 2.24) is 5.43 Å². The fourth-order valence-electron chi connectivity index (χ4n) is 3.50. The van der Waals surface area contributed by atoms with Crippen LogP contribution >= 0.6 is 12.2 Å². The minimum atomic E-state index is -4.47. The molecule has 2 N–H and O–H groups in total. The first-order valence-corrected chi connectivity index (χ1v) is 9.33. The van der Waals surface area contributed by atoms with Gasteiger partial charge in [-0.05, 0) is 42.1 Å². The first-order valence-electron chi connectivity index (χ1n) is 8.92. The number of alkyl halides is 3. The van der Waals surface area contributed by atoms with E-state index in [-0.39, 0.29) is 16.2 Å². The Morgan fingerprint density at radius 2 is 1.76 bits per heavy atom. The topological polar surface area (TPSA) is 39.7 Å². The van der Waals surface area contributed by atoms with Gasteiger partial charge in [0.15, 0.2) is 5.11 Å². The summed E-state index contributed by atoms with van der Waals surface area (Å²) in [5.74, 6) is 0. The zero-order valence-electron chi connectivity index (χ0n) is 16.2. The van der Waals surface area contributed by atoms with Crippen molar-refractivity contribution < 1.29 is 13.2 Å². The number of fused-ring (bicyclic) bond motifs is 1. The van der Waals surface area contributed by atoms with Crippen LogP contribution in [0.2, 0.25) is 0 Å². The van der Waals surface area contributed by atoms with E-state index in [4.69, 9.17) is 12.2 Å². The lowest BCUT2D eigenvalue weighted by atomic mass is 9.84. The fraction of sp³-hybridized carbons (Fsp3) is 0.238. The molecule has 0 amide bonds. The number of nitrogens with zero attached hydrogens (tertiary/aromatic N) is 2. The number of thiocarbonyl (C=S) groups is 1. The van der Waals surface area contributed by atoms with Gasteiger partial charge in [-0.3, -0.25) is 5.43 Å². The van der Waals surface area contributed by atoms with Gasteiger partial charge in [0.05, 0.1) is 11.3 Å². The SMILES string of the molecule is CN1/C(=C\C=N/NC(=S)Nc2ccccc2C(F)(F)F)C(C)(C)c2ccccc21. The number of likely N-dealkylation sites (N-methyl/N-ethyl adjacent to an activating group) is 1. The summed E-state index contributed by atoms with van der Waals surface area (Å²) in [5, 5.41) is 6.53. The first-order chi connectivity index (χ1) is 13.6. The Hall–Kier alpha value is -2.87. The van der Waals surface area contributed by atoms with E-state index in [1.54, 1.807) is 6.21 Å². The Bertz CT molecular complexity index is 980. The second-order valence-electron chi connectivity index (χ2n) is 7.14. The third-order valence-electron chi connectivity index (χ3n) is 4.89. The Kier molecular flexibility index (Phi) is 5.66. The molecule has 2 aromatic rings. The van der Waals surface area contributed by atoms with Crippen LogP contribution in [0.3, 0.4) is 0 Å². The molecule has 2 aromatic carbocycles. The van der Waals surface area contributed by atoms with Crippen molar-refractivity contribution >= 4 is 34.9 Å². The molecular weight excluding hydrogens is 397 g/mol. The van der Waals surface area contributed by atoms with Crippen LogP contribution in [0.5, 0.6) is 0 Å². The molecular formula is C21H21F3N4S. The van der Waals surface area contributed by atoms with Gasteiger partial charge in [0.1, 0.15) is 0 Å². The Balaban J connectivity index is 1.68. The van der Waals surface area contributed by atoms with Gasteiger partial charge in [0.25, 0.3) is 0 Å². The highest BCUT2D eigenvalue weighted by molar-refractivity contribution is 7.80. The second kappa shape index (κ2) is 7.87. The largest absolute Gasteiger partial charge is 0.418 e. The maximum Gasteiger partial charge on any atom is 0.418 e. The average Bonchev–Trinajstić information content (AvgIpc) is 2.85. The third kappa shape index (κ3) is 4.27. The zero-order valence-corrected chi connectivity index (χ0v) is 17.0. The summed E-state index contributed by atoms with van der Waals surface area (Å²) in [6.45, 7) is 4.26. The summed E-state index contributed by atoms with van der Waals surface area (Å²) in [6.07, 6.45) is -1.07. The van der Waals surface area contributed by atoms with Crippen molar-refractivity contribution in [1.29, 1.82) is 0 Å². The van der Waals surface area contributed by atoms with Crippen molar-refractivity contribution in [2.45, 2.75) is 25.4 Å². The Morgan fingerprint density at radius 1 is 1.10 bits per heavy atom. The van der Waals surface area contributed by atoms with Gasteiger partial charge in [0.2, 0.25) is 0 Å². The highest BCUT2D eigenvalue weighted by Gasteiger charge is 2.37. The number of benzene rings is 2. The van der Waals surface area contributed by atoms with E-state index in [9.17, 15) is 13.2 Å². The number of halogens is 3. The molecule has 1 heterocycles. The maximum absolute atomic E-state index is 13.1. The number of nitrogens with one attached hydrogen (secondary N) is 2. The molecule has 1 aliphatic rings. The molecule has 0 aromatic heterocycles. The summed E-state index contributed by atoms with van der Waals surface area (Å²) in [5.41, 5.74) is 4.84. The van der Waals surface area contributed by atoms with Crippen molar-refractivity contribution in [3.05, 3.63) is 71.4 Å². The summed E-state index contributed by atoms with van der Waals surface area (Å²) in [7, 11) is 1.99. The van der Waals surface area contributed by atoms with E-state index in [2.05, 4.69) is 46.7 Å². The summed E-state index contributed by atoms with van der Waals surface area (Å²) in [6, 6.07) is 13.3. The number of rotatable bonds is 3. The molecule has 3 rings (SSSR count). The van der Waals surface area contributed by atoms with Crippen molar-refractivity contribution in [2.24, 2.45) is 5.10 Å².